The molecule has 276 valence electrons. The normalized spacial score (nSPS) is 27.8. The molecule has 2 aliphatic carbocycles. The molecule has 5 heterocycles. The van der Waals surface area contributed by atoms with Gasteiger partial charge in [0.05, 0.1) is 45.0 Å². The van der Waals surface area contributed by atoms with Crippen LogP contribution in [-0.4, -0.2) is 100 Å². The molecule has 10 nitrogen and oxygen atoms in total. The number of phenolic OH excluding ortho intramolecular Hbond substituents is 1. The minimum Gasteiger partial charge on any atom is -0.508 e. The van der Waals surface area contributed by atoms with Crippen molar-refractivity contribution in [3.05, 3.63) is 47.7 Å². The minimum atomic E-state index is -1.17. The number of ether oxygens (including phenoxy) is 3. The van der Waals surface area contributed by atoms with E-state index >= 15 is 8.78 Å². The van der Waals surface area contributed by atoms with Crippen molar-refractivity contribution in [2.75, 3.05) is 57.6 Å². The zero-order chi connectivity index (χ0) is 35.8. The number of hydrogen-bond donors (Lipinski definition) is 2. The number of hydrogen-bond acceptors (Lipinski definition) is 10. The van der Waals surface area contributed by atoms with Crippen molar-refractivity contribution in [1.29, 1.82) is 0 Å². The maximum Gasteiger partial charge on any atom is 0.319 e. The number of phenols is 1. The van der Waals surface area contributed by atoms with Gasteiger partial charge in [0, 0.05) is 41.2 Å². The Morgan fingerprint density at radius 1 is 1.04 bits per heavy atom. The third-order valence-corrected chi connectivity index (χ3v) is 12.6. The molecule has 3 unspecified atom stereocenters. The van der Waals surface area contributed by atoms with Crippen LogP contribution in [0.2, 0.25) is 0 Å². The molecule has 5 aliphatic rings. The number of aromatic hydroxyl groups is 1. The topological polar surface area (TPSA) is 113 Å². The zero-order valence-electron chi connectivity index (χ0n) is 30.0. The summed E-state index contributed by atoms with van der Waals surface area (Å²) < 4.78 is 50.1. The van der Waals surface area contributed by atoms with Crippen molar-refractivity contribution in [2.24, 2.45) is 10.8 Å². The molecule has 12 heteroatoms. The highest BCUT2D eigenvalue weighted by molar-refractivity contribution is 6.01. The number of likely N-dealkylation sites (tertiary alicyclic amines) is 1. The van der Waals surface area contributed by atoms with Crippen molar-refractivity contribution in [3.8, 4) is 23.0 Å². The quantitative estimate of drug-likeness (QED) is 0.230. The van der Waals surface area contributed by atoms with Gasteiger partial charge in [0.2, 0.25) is 0 Å². The molecule has 0 radical (unpaired) electrons. The molecular formula is C40H47F2N5O5. The predicted molar refractivity (Wildman–Crippen MR) is 193 cm³/mol. The Bertz CT molecular complexity index is 2030. The third kappa shape index (κ3) is 5.68. The lowest BCUT2D eigenvalue weighted by atomic mass is 9.62. The second-order valence-corrected chi connectivity index (χ2v) is 16.4. The first-order valence-corrected chi connectivity index (χ1v) is 18.9. The molecule has 3 aliphatic heterocycles. The average Bonchev–Trinajstić information content (AvgIpc) is 3.43. The number of aryl methyl sites for hydroxylation is 1. The maximum absolute atomic E-state index is 17.1. The third-order valence-electron chi connectivity index (χ3n) is 12.6. The summed E-state index contributed by atoms with van der Waals surface area (Å²) in [6.45, 7) is 7.98. The number of benzene rings is 2. The molecular weight excluding hydrogens is 668 g/mol. The summed E-state index contributed by atoms with van der Waals surface area (Å²) in [4.78, 5) is 18.8. The number of aromatic nitrogens is 3. The van der Waals surface area contributed by atoms with Crippen molar-refractivity contribution in [2.45, 2.75) is 82.9 Å². The van der Waals surface area contributed by atoms with Crippen LogP contribution in [0.1, 0.15) is 64.4 Å². The molecule has 0 bridgehead atoms. The Morgan fingerprint density at radius 3 is 2.65 bits per heavy atom. The summed E-state index contributed by atoms with van der Waals surface area (Å²) in [5.41, 5.74) is -0.170. The second kappa shape index (κ2) is 12.7. The Kier molecular flexibility index (Phi) is 8.33. The van der Waals surface area contributed by atoms with Gasteiger partial charge in [-0.3, -0.25) is 9.88 Å². The van der Waals surface area contributed by atoms with Crippen LogP contribution in [0.3, 0.4) is 0 Å². The number of anilines is 1. The first kappa shape index (κ1) is 34.1. The van der Waals surface area contributed by atoms with Crippen molar-refractivity contribution in [3.63, 3.8) is 0 Å². The lowest BCUT2D eigenvalue weighted by Crippen LogP contribution is -2.64. The number of β-amino-alcohol motifs (C(OH)–C–C–N with tert-alkyl or cyclic N) is 1. The standard InChI is InChI=1S/C40H47F2N5O5/c1-3-27-30(41)8-7-24-14-26(48)15-28(32(24)27)34-33(42)35-29(18-43-34)36(46-12-13-50-20-38(2,49)19-46)45-37(44-35)52-23-40-9-4-6-31(40)47(11-5-10-40)25-16-39(17-25)21-51-22-39/h7-8,14-15,18,25,31,48-49H,3-6,9-13,16-17,19-23H2,1-2H3. The molecule has 52 heavy (non-hydrogen) atoms. The van der Waals surface area contributed by atoms with E-state index in [4.69, 9.17) is 24.2 Å². The molecule has 2 saturated carbocycles. The summed E-state index contributed by atoms with van der Waals surface area (Å²) in [5.74, 6) is -0.806. The number of rotatable bonds is 7. The Hall–Kier alpha value is -3.71. The van der Waals surface area contributed by atoms with E-state index in [2.05, 4.69) is 9.88 Å². The number of pyridine rings is 1. The van der Waals surface area contributed by atoms with Crippen LogP contribution in [0.25, 0.3) is 32.9 Å². The largest absolute Gasteiger partial charge is 0.508 e. The van der Waals surface area contributed by atoms with Gasteiger partial charge >= 0.3 is 6.01 Å². The average molecular weight is 716 g/mol. The van der Waals surface area contributed by atoms with E-state index in [9.17, 15) is 10.2 Å². The van der Waals surface area contributed by atoms with E-state index in [0.29, 0.717) is 71.2 Å². The number of fused-ring (bicyclic) bond motifs is 3. The molecule has 2 N–H and O–H groups in total. The zero-order valence-corrected chi connectivity index (χ0v) is 30.0. The Labute approximate surface area is 302 Å². The highest BCUT2D eigenvalue weighted by atomic mass is 19.1. The molecule has 2 aromatic carbocycles. The van der Waals surface area contributed by atoms with E-state index in [1.54, 1.807) is 19.1 Å². The second-order valence-electron chi connectivity index (χ2n) is 16.4. The fraction of sp³-hybridized carbons (Fsp3) is 0.575. The lowest BCUT2D eigenvalue weighted by Gasteiger charge is -2.60. The van der Waals surface area contributed by atoms with E-state index in [1.807, 2.05) is 11.8 Å². The maximum atomic E-state index is 17.1. The van der Waals surface area contributed by atoms with Gasteiger partial charge in [0.25, 0.3) is 0 Å². The summed E-state index contributed by atoms with van der Waals surface area (Å²) >= 11 is 0. The first-order chi connectivity index (χ1) is 25.1. The summed E-state index contributed by atoms with van der Waals surface area (Å²) in [7, 11) is 0. The molecule has 3 saturated heterocycles. The van der Waals surface area contributed by atoms with Crippen LogP contribution in [-0.2, 0) is 15.9 Å². The van der Waals surface area contributed by atoms with Gasteiger partial charge in [-0.05, 0) is 92.9 Å². The molecule has 0 amide bonds. The van der Waals surface area contributed by atoms with E-state index in [1.165, 1.54) is 31.2 Å². The fourth-order valence-corrected chi connectivity index (χ4v) is 10.1. The van der Waals surface area contributed by atoms with Crippen LogP contribution in [0.4, 0.5) is 14.6 Å². The smallest absolute Gasteiger partial charge is 0.319 e. The number of nitrogens with zero attached hydrogens (tertiary/aromatic N) is 5. The van der Waals surface area contributed by atoms with Gasteiger partial charge in [0.15, 0.2) is 5.82 Å². The molecule has 9 rings (SSSR count). The molecule has 1 spiro atoms. The SMILES string of the molecule is CCc1c(F)ccc2cc(O)cc(-c3ncc4c(N5CCOCC(C)(O)C5)nc(OCC56CCCC5N(C5CC7(COC7)C5)CCC6)nc4c3F)c12. The summed E-state index contributed by atoms with van der Waals surface area (Å²) in [6.07, 6.45) is 9.81. The highest BCUT2D eigenvalue weighted by Crippen LogP contribution is 2.55. The summed E-state index contributed by atoms with van der Waals surface area (Å²) in [5, 5.41) is 23.2. The lowest BCUT2D eigenvalue weighted by molar-refractivity contribution is -0.196. The molecule has 4 aromatic rings. The van der Waals surface area contributed by atoms with Crippen molar-refractivity contribution < 1.29 is 33.2 Å². The molecule has 3 atom stereocenters. The van der Waals surface area contributed by atoms with Gasteiger partial charge in [-0.2, -0.15) is 9.97 Å². The molecule has 5 fully saturated rings. The monoisotopic (exact) mass is 715 g/mol. The van der Waals surface area contributed by atoms with E-state index in [-0.39, 0.29) is 47.1 Å². The van der Waals surface area contributed by atoms with Crippen molar-refractivity contribution >= 4 is 27.5 Å². The number of halogens is 2. The van der Waals surface area contributed by atoms with Gasteiger partial charge in [-0.15, -0.1) is 0 Å². The molecule has 2 aromatic heterocycles. The summed E-state index contributed by atoms with van der Waals surface area (Å²) in [6, 6.07) is 6.99. The number of aliphatic hydroxyl groups is 1. The van der Waals surface area contributed by atoms with Crippen LogP contribution in [0.5, 0.6) is 11.8 Å². The van der Waals surface area contributed by atoms with Crippen LogP contribution in [0.15, 0.2) is 30.5 Å². The van der Waals surface area contributed by atoms with Gasteiger partial charge in [-0.25, -0.2) is 8.78 Å². The van der Waals surface area contributed by atoms with Crippen LogP contribution >= 0.6 is 0 Å². The predicted octanol–water partition coefficient (Wildman–Crippen LogP) is 6.17. The van der Waals surface area contributed by atoms with Crippen LogP contribution in [0, 0.1) is 22.5 Å². The highest BCUT2D eigenvalue weighted by Gasteiger charge is 2.56. The van der Waals surface area contributed by atoms with E-state index in [0.717, 1.165) is 51.9 Å². The Balaban J connectivity index is 1.11. The van der Waals surface area contributed by atoms with Crippen LogP contribution < -0.4 is 9.64 Å². The first-order valence-electron chi connectivity index (χ1n) is 18.9. The van der Waals surface area contributed by atoms with Crippen molar-refractivity contribution in [1.82, 2.24) is 19.9 Å². The Morgan fingerprint density at radius 2 is 1.87 bits per heavy atom. The van der Waals surface area contributed by atoms with Gasteiger partial charge in [-0.1, -0.05) is 19.4 Å². The fourth-order valence-electron chi connectivity index (χ4n) is 10.1. The van der Waals surface area contributed by atoms with Gasteiger partial charge < -0.3 is 29.3 Å². The minimum absolute atomic E-state index is 0.00831. The number of piperidine rings is 1. The van der Waals surface area contributed by atoms with E-state index < -0.39 is 17.2 Å². The van der Waals surface area contributed by atoms with Gasteiger partial charge in [0.1, 0.15) is 34.2 Å².